The van der Waals surface area contributed by atoms with E-state index >= 15 is 0 Å². The van der Waals surface area contributed by atoms with E-state index in [4.69, 9.17) is 10.5 Å². The SMILES string of the molecule is COC1(C)CCCN(C2(CN)CSCCC2(C)C)C1. The van der Waals surface area contributed by atoms with Crippen molar-refractivity contribution in [3.8, 4) is 0 Å². The van der Waals surface area contributed by atoms with Gasteiger partial charge in [0.05, 0.1) is 5.60 Å². The smallest absolute Gasteiger partial charge is 0.0777 e. The number of piperidine rings is 1. The lowest BCUT2D eigenvalue weighted by Crippen LogP contribution is -2.69. The number of ether oxygens (including phenoxy) is 1. The van der Waals surface area contributed by atoms with E-state index in [9.17, 15) is 0 Å². The molecule has 112 valence electrons. The van der Waals surface area contributed by atoms with Gasteiger partial charge in [-0.15, -0.1) is 0 Å². The van der Waals surface area contributed by atoms with E-state index in [1.807, 2.05) is 7.11 Å². The quantitative estimate of drug-likeness (QED) is 0.864. The van der Waals surface area contributed by atoms with Gasteiger partial charge >= 0.3 is 0 Å². The predicted molar refractivity (Wildman–Crippen MR) is 83.7 cm³/mol. The number of thioether (sulfide) groups is 1. The Morgan fingerprint density at radius 3 is 2.58 bits per heavy atom. The van der Waals surface area contributed by atoms with Gasteiger partial charge in [0.25, 0.3) is 0 Å². The van der Waals surface area contributed by atoms with Crippen LogP contribution in [0.3, 0.4) is 0 Å². The maximum absolute atomic E-state index is 6.28. The molecule has 19 heavy (non-hydrogen) atoms. The molecule has 2 atom stereocenters. The van der Waals surface area contributed by atoms with Crippen molar-refractivity contribution >= 4 is 11.8 Å². The van der Waals surface area contributed by atoms with Gasteiger partial charge < -0.3 is 10.5 Å². The van der Waals surface area contributed by atoms with Crippen molar-refractivity contribution in [2.24, 2.45) is 11.1 Å². The molecule has 2 fully saturated rings. The van der Waals surface area contributed by atoms with Gasteiger partial charge in [-0.25, -0.2) is 0 Å². The van der Waals surface area contributed by atoms with Crippen LogP contribution in [0.4, 0.5) is 0 Å². The molecule has 0 spiro atoms. The third-order valence-corrected chi connectivity index (χ3v) is 6.74. The van der Waals surface area contributed by atoms with Crippen LogP contribution in [0, 0.1) is 5.41 Å². The lowest BCUT2D eigenvalue weighted by molar-refractivity contribution is -0.102. The van der Waals surface area contributed by atoms with E-state index in [1.165, 1.54) is 25.1 Å². The lowest BCUT2D eigenvalue weighted by Gasteiger charge is -2.58. The highest BCUT2D eigenvalue weighted by Crippen LogP contribution is 2.47. The van der Waals surface area contributed by atoms with Gasteiger partial charge in [-0.3, -0.25) is 4.90 Å². The van der Waals surface area contributed by atoms with Crippen molar-refractivity contribution in [1.82, 2.24) is 4.90 Å². The molecule has 4 heteroatoms. The molecule has 0 aliphatic carbocycles. The zero-order valence-corrected chi connectivity index (χ0v) is 13.8. The molecule has 2 heterocycles. The molecule has 0 bridgehead atoms. The first-order chi connectivity index (χ1) is 8.89. The molecule has 0 aromatic carbocycles. The Kier molecular flexibility index (Phi) is 4.56. The summed E-state index contributed by atoms with van der Waals surface area (Å²) in [5.41, 5.74) is 6.70. The molecule has 3 nitrogen and oxygen atoms in total. The monoisotopic (exact) mass is 286 g/mol. The number of hydrogen-bond donors (Lipinski definition) is 1. The first kappa shape index (κ1) is 15.6. The van der Waals surface area contributed by atoms with Crippen molar-refractivity contribution in [1.29, 1.82) is 0 Å². The molecule has 0 aromatic rings. The molecule has 2 aliphatic heterocycles. The Morgan fingerprint density at radius 1 is 1.26 bits per heavy atom. The number of rotatable bonds is 3. The van der Waals surface area contributed by atoms with Crippen LogP contribution >= 0.6 is 11.8 Å². The van der Waals surface area contributed by atoms with E-state index in [1.54, 1.807) is 0 Å². The topological polar surface area (TPSA) is 38.5 Å². The fraction of sp³-hybridized carbons (Fsp3) is 1.00. The highest BCUT2D eigenvalue weighted by atomic mass is 32.2. The summed E-state index contributed by atoms with van der Waals surface area (Å²) >= 11 is 2.07. The first-order valence-corrected chi connectivity index (χ1v) is 8.63. The van der Waals surface area contributed by atoms with E-state index < -0.39 is 0 Å². The lowest BCUT2D eigenvalue weighted by atomic mass is 9.68. The fourth-order valence-corrected chi connectivity index (χ4v) is 5.55. The normalized spacial score (nSPS) is 40.3. The van der Waals surface area contributed by atoms with Crippen LogP contribution in [0.15, 0.2) is 0 Å². The summed E-state index contributed by atoms with van der Waals surface area (Å²) in [6.07, 6.45) is 3.64. The van der Waals surface area contributed by atoms with Crippen molar-refractivity contribution in [3.63, 3.8) is 0 Å². The zero-order valence-electron chi connectivity index (χ0n) is 13.0. The van der Waals surface area contributed by atoms with Crippen LogP contribution < -0.4 is 5.73 Å². The van der Waals surface area contributed by atoms with Crippen LogP contribution in [0.1, 0.15) is 40.0 Å². The molecule has 0 radical (unpaired) electrons. The minimum atomic E-state index is -0.00138. The van der Waals surface area contributed by atoms with Crippen molar-refractivity contribution in [2.45, 2.75) is 51.2 Å². The van der Waals surface area contributed by atoms with E-state index in [0.717, 1.165) is 25.3 Å². The van der Waals surface area contributed by atoms with Crippen molar-refractivity contribution in [2.75, 3.05) is 38.2 Å². The molecule has 2 rings (SSSR count). The summed E-state index contributed by atoms with van der Waals surface area (Å²) < 4.78 is 5.77. The predicted octanol–water partition coefficient (Wildman–Crippen LogP) is 2.35. The van der Waals surface area contributed by atoms with E-state index in [2.05, 4.69) is 37.4 Å². The molecular formula is C15H30N2OS. The number of likely N-dealkylation sites (tertiary alicyclic amines) is 1. The first-order valence-electron chi connectivity index (χ1n) is 7.47. The van der Waals surface area contributed by atoms with Gasteiger partial charge in [-0.1, -0.05) is 13.8 Å². The second-order valence-corrected chi connectivity index (χ2v) is 8.21. The number of nitrogens with two attached hydrogens (primary N) is 1. The van der Waals surface area contributed by atoms with Crippen molar-refractivity contribution < 1.29 is 4.74 Å². The number of hydrogen-bond acceptors (Lipinski definition) is 4. The third-order valence-electron chi connectivity index (χ3n) is 5.57. The summed E-state index contributed by atoms with van der Waals surface area (Å²) in [4.78, 5) is 2.64. The molecular weight excluding hydrogens is 256 g/mol. The average molecular weight is 286 g/mol. The van der Waals surface area contributed by atoms with Crippen LogP contribution in [-0.4, -0.2) is 54.3 Å². The van der Waals surface area contributed by atoms with E-state index in [0.29, 0.717) is 5.41 Å². The Morgan fingerprint density at radius 2 is 2.00 bits per heavy atom. The second kappa shape index (κ2) is 5.55. The largest absolute Gasteiger partial charge is 0.377 e. The van der Waals surface area contributed by atoms with Crippen LogP contribution in [0.5, 0.6) is 0 Å². The van der Waals surface area contributed by atoms with Gasteiger partial charge in [-0.05, 0) is 43.9 Å². The summed E-state index contributed by atoms with van der Waals surface area (Å²) in [5.74, 6) is 2.43. The van der Waals surface area contributed by atoms with E-state index in [-0.39, 0.29) is 11.1 Å². The average Bonchev–Trinajstić information content (AvgIpc) is 2.39. The maximum atomic E-state index is 6.28. The highest BCUT2D eigenvalue weighted by Gasteiger charge is 2.52. The van der Waals surface area contributed by atoms with Crippen LogP contribution in [0.2, 0.25) is 0 Å². The minimum absolute atomic E-state index is 0.00138. The van der Waals surface area contributed by atoms with Gasteiger partial charge in [0, 0.05) is 31.5 Å². The molecule has 2 aliphatic rings. The molecule has 2 saturated heterocycles. The minimum Gasteiger partial charge on any atom is -0.377 e. The summed E-state index contributed by atoms with van der Waals surface area (Å²) in [6, 6.07) is 0. The summed E-state index contributed by atoms with van der Waals surface area (Å²) in [7, 11) is 1.85. The van der Waals surface area contributed by atoms with Gasteiger partial charge in [0.1, 0.15) is 0 Å². The highest BCUT2D eigenvalue weighted by molar-refractivity contribution is 7.99. The Bertz CT molecular complexity index is 323. The summed E-state index contributed by atoms with van der Waals surface area (Å²) in [6.45, 7) is 9.99. The zero-order chi connectivity index (χ0) is 14.1. The Balaban J connectivity index is 2.25. The molecule has 0 amide bonds. The molecule has 0 aromatic heterocycles. The Labute approximate surface area is 122 Å². The third kappa shape index (κ3) is 2.69. The molecule has 2 unspecified atom stereocenters. The standard InChI is InChI=1S/C15H30N2OS/c1-13(2)7-9-19-12-15(13,10-16)17-8-5-6-14(3,11-17)18-4/h5-12,16H2,1-4H3. The van der Waals surface area contributed by atoms with Crippen molar-refractivity contribution in [3.05, 3.63) is 0 Å². The van der Waals surface area contributed by atoms with Crippen LogP contribution in [0.25, 0.3) is 0 Å². The fourth-order valence-electron chi connectivity index (χ4n) is 3.72. The number of nitrogens with zero attached hydrogens (tertiary/aromatic N) is 1. The Hall–Kier alpha value is 0.230. The van der Waals surface area contributed by atoms with Gasteiger partial charge in [0.2, 0.25) is 0 Å². The molecule has 0 saturated carbocycles. The molecule has 2 N–H and O–H groups in total. The second-order valence-electron chi connectivity index (χ2n) is 7.10. The van der Waals surface area contributed by atoms with Gasteiger partial charge in [0.15, 0.2) is 0 Å². The summed E-state index contributed by atoms with van der Waals surface area (Å²) in [5, 5.41) is 0. The maximum Gasteiger partial charge on any atom is 0.0777 e. The van der Waals surface area contributed by atoms with Gasteiger partial charge in [-0.2, -0.15) is 11.8 Å². The van der Waals surface area contributed by atoms with Crippen LogP contribution in [-0.2, 0) is 4.74 Å². The number of methoxy groups -OCH3 is 1.